The van der Waals surface area contributed by atoms with E-state index in [2.05, 4.69) is 27.5 Å². The molecule has 0 bridgehead atoms. The number of aromatic nitrogens is 6. The molecule has 0 aliphatic heterocycles. The van der Waals surface area contributed by atoms with E-state index < -0.39 is 23.6 Å². The second-order valence-corrected chi connectivity index (χ2v) is 10.6. The van der Waals surface area contributed by atoms with Crippen LogP contribution in [0.3, 0.4) is 0 Å². The summed E-state index contributed by atoms with van der Waals surface area (Å²) in [5, 5.41) is 14.3. The summed E-state index contributed by atoms with van der Waals surface area (Å²) in [6.07, 6.45) is 1.09. The minimum absolute atomic E-state index is 0.369. The molecule has 40 heavy (non-hydrogen) atoms. The zero-order chi connectivity index (χ0) is 28.9. The molecule has 10 nitrogen and oxygen atoms in total. The van der Waals surface area contributed by atoms with E-state index in [-0.39, 0.29) is 0 Å². The Kier molecular flexibility index (Phi) is 8.77. The molecule has 4 rings (SSSR count). The predicted octanol–water partition coefficient (Wildman–Crippen LogP) is 5.18. The van der Waals surface area contributed by atoms with Crippen molar-refractivity contribution in [1.82, 2.24) is 30.2 Å². The van der Waals surface area contributed by atoms with Crippen LogP contribution in [0.25, 0.3) is 22.5 Å². The fraction of sp³-hybridized carbons (Fsp3) is 0.400. The van der Waals surface area contributed by atoms with Crippen molar-refractivity contribution in [1.29, 1.82) is 0 Å². The molecule has 210 valence electrons. The number of ether oxygens (including phenoxy) is 2. The van der Waals surface area contributed by atoms with Crippen LogP contribution in [0.4, 0.5) is 0 Å². The van der Waals surface area contributed by atoms with Gasteiger partial charge in [0.2, 0.25) is 0 Å². The number of hydrogen-bond acceptors (Lipinski definition) is 8. The highest BCUT2D eigenvalue weighted by Crippen LogP contribution is 2.30. The van der Waals surface area contributed by atoms with Crippen molar-refractivity contribution in [3.8, 4) is 22.5 Å². The summed E-state index contributed by atoms with van der Waals surface area (Å²) in [4.78, 5) is 30.7. The third kappa shape index (κ3) is 6.62. The number of rotatable bonds is 10. The van der Waals surface area contributed by atoms with E-state index in [0.29, 0.717) is 36.6 Å². The van der Waals surface area contributed by atoms with Crippen LogP contribution in [0.1, 0.15) is 75.5 Å². The number of benzene rings is 2. The first-order valence-corrected chi connectivity index (χ1v) is 13.6. The van der Waals surface area contributed by atoms with E-state index in [9.17, 15) is 9.59 Å². The zero-order valence-corrected chi connectivity index (χ0v) is 23.9. The van der Waals surface area contributed by atoms with Crippen LogP contribution < -0.4 is 0 Å². The van der Waals surface area contributed by atoms with Crippen LogP contribution >= 0.6 is 0 Å². The van der Waals surface area contributed by atoms with Crippen molar-refractivity contribution in [2.24, 2.45) is 0 Å². The number of tetrazole rings is 1. The molecule has 0 aliphatic carbocycles. The van der Waals surface area contributed by atoms with E-state index in [1.807, 2.05) is 60.0 Å². The molecule has 4 aromatic rings. The highest BCUT2D eigenvalue weighted by Gasteiger charge is 2.29. The predicted molar refractivity (Wildman–Crippen MR) is 150 cm³/mol. The van der Waals surface area contributed by atoms with Gasteiger partial charge in [0.05, 0.1) is 5.69 Å². The van der Waals surface area contributed by atoms with Gasteiger partial charge in [0, 0.05) is 18.5 Å². The summed E-state index contributed by atoms with van der Waals surface area (Å²) in [7, 11) is 0. The smallest absolute Gasteiger partial charge is 0.357 e. The van der Waals surface area contributed by atoms with E-state index in [1.165, 1.54) is 6.92 Å². The molecular formula is C30H36N6O4. The molecule has 1 unspecified atom stereocenters. The maximum absolute atomic E-state index is 13.4. The van der Waals surface area contributed by atoms with Gasteiger partial charge in [0.15, 0.2) is 17.6 Å². The highest BCUT2D eigenvalue weighted by atomic mass is 16.6. The summed E-state index contributed by atoms with van der Waals surface area (Å²) >= 11 is 0. The lowest BCUT2D eigenvalue weighted by atomic mass is 9.98. The van der Waals surface area contributed by atoms with Crippen molar-refractivity contribution in [3.05, 3.63) is 71.3 Å². The second-order valence-electron chi connectivity index (χ2n) is 10.6. The van der Waals surface area contributed by atoms with E-state index >= 15 is 0 Å². The zero-order valence-electron chi connectivity index (χ0n) is 23.9. The maximum atomic E-state index is 13.4. The Bertz CT molecular complexity index is 1450. The quantitative estimate of drug-likeness (QED) is 0.271. The Morgan fingerprint density at radius 3 is 2.33 bits per heavy atom. The number of carbonyl (C=O) groups excluding carboxylic acids is 2. The van der Waals surface area contributed by atoms with E-state index in [0.717, 1.165) is 34.5 Å². The topological polar surface area (TPSA) is 125 Å². The van der Waals surface area contributed by atoms with Crippen LogP contribution in [0.5, 0.6) is 0 Å². The number of esters is 2. The molecule has 0 radical (unpaired) electrons. The summed E-state index contributed by atoms with van der Waals surface area (Å²) in [5.74, 6) is 0.230. The lowest BCUT2D eigenvalue weighted by Crippen LogP contribution is -2.33. The first-order chi connectivity index (χ1) is 19.1. The van der Waals surface area contributed by atoms with Gasteiger partial charge in [0.25, 0.3) is 0 Å². The van der Waals surface area contributed by atoms with Crippen molar-refractivity contribution in [2.45, 2.75) is 79.1 Å². The molecule has 0 fully saturated rings. The molecule has 0 aliphatic rings. The number of nitrogens with one attached hydrogen (secondary N) is 1. The third-order valence-corrected chi connectivity index (χ3v) is 6.28. The Labute approximate surface area is 234 Å². The van der Waals surface area contributed by atoms with E-state index in [4.69, 9.17) is 14.5 Å². The van der Waals surface area contributed by atoms with Gasteiger partial charge in [-0.05, 0) is 67.7 Å². The minimum atomic E-state index is -1.05. The minimum Gasteiger partial charge on any atom is -0.457 e. The number of H-pyrrole nitrogens is 1. The lowest BCUT2D eigenvalue weighted by Gasteiger charge is -2.22. The van der Waals surface area contributed by atoms with Gasteiger partial charge in [-0.15, -0.1) is 5.10 Å². The first kappa shape index (κ1) is 28.7. The maximum Gasteiger partial charge on any atom is 0.357 e. The Balaban J connectivity index is 1.62. The fourth-order valence-electron chi connectivity index (χ4n) is 4.45. The number of nitrogens with zero attached hydrogens (tertiary/aromatic N) is 5. The molecule has 0 spiro atoms. The fourth-order valence-corrected chi connectivity index (χ4v) is 4.45. The molecule has 2 aromatic carbocycles. The molecule has 10 heteroatoms. The monoisotopic (exact) mass is 544 g/mol. The van der Waals surface area contributed by atoms with E-state index in [1.54, 1.807) is 20.8 Å². The van der Waals surface area contributed by atoms with Crippen molar-refractivity contribution >= 4 is 11.9 Å². The summed E-state index contributed by atoms with van der Waals surface area (Å²) in [6.45, 7) is 11.3. The highest BCUT2D eigenvalue weighted by molar-refractivity contribution is 5.91. The normalized spacial score (nSPS) is 12.2. The first-order valence-electron chi connectivity index (χ1n) is 13.6. The number of aromatic amines is 1. The molecule has 0 amide bonds. The summed E-state index contributed by atoms with van der Waals surface area (Å²) < 4.78 is 12.9. The van der Waals surface area contributed by atoms with Gasteiger partial charge in [-0.25, -0.2) is 19.7 Å². The van der Waals surface area contributed by atoms with Gasteiger partial charge in [-0.2, -0.15) is 0 Å². The third-order valence-electron chi connectivity index (χ3n) is 6.28. The molecule has 2 aromatic heterocycles. The number of carbonyl (C=O) groups is 2. The molecule has 2 heterocycles. The van der Waals surface area contributed by atoms with Crippen LogP contribution in [0.15, 0.2) is 48.5 Å². The summed E-state index contributed by atoms with van der Waals surface area (Å²) in [5.41, 5.74) is 4.24. The standard InChI is InChI=1S/C30H36N6O4/c1-7-11-25-31-24(8-2)26(29(38)39-19(3)28(37)40-30(4,5)6)36(25)18-20-14-16-21(17-15-20)22-12-9-10-13-23(22)27-32-34-35-33-27/h9-10,12-17,19H,7-8,11,18H2,1-6H3,(H,32,33,34,35). The molecule has 0 saturated heterocycles. The average Bonchev–Trinajstić information content (AvgIpc) is 3.57. The van der Waals surface area contributed by atoms with Crippen molar-refractivity contribution < 1.29 is 19.1 Å². The molecule has 1 atom stereocenters. The van der Waals surface area contributed by atoms with Crippen LogP contribution in [0.2, 0.25) is 0 Å². The lowest BCUT2D eigenvalue weighted by molar-refractivity contribution is -0.164. The Morgan fingerprint density at radius 1 is 1.02 bits per heavy atom. The van der Waals surface area contributed by atoms with Gasteiger partial charge in [0.1, 0.15) is 11.4 Å². The number of imidazole rings is 1. The van der Waals surface area contributed by atoms with Crippen LogP contribution in [-0.4, -0.2) is 53.8 Å². The SMILES string of the molecule is CCCc1nc(CC)c(C(=O)OC(C)C(=O)OC(C)(C)C)n1Cc1ccc(-c2ccccc2-c2nnn[nH]2)cc1. The summed E-state index contributed by atoms with van der Waals surface area (Å²) in [6, 6.07) is 16.1. The van der Waals surface area contributed by atoms with Gasteiger partial charge < -0.3 is 14.0 Å². The van der Waals surface area contributed by atoms with Crippen LogP contribution in [0, 0.1) is 0 Å². The molecular weight excluding hydrogens is 508 g/mol. The molecule has 0 saturated carbocycles. The van der Waals surface area contributed by atoms with Gasteiger partial charge in [-0.3, -0.25) is 0 Å². The van der Waals surface area contributed by atoms with Gasteiger partial charge >= 0.3 is 11.9 Å². The Hall–Kier alpha value is -4.34. The largest absolute Gasteiger partial charge is 0.457 e. The van der Waals surface area contributed by atoms with Crippen molar-refractivity contribution in [2.75, 3.05) is 0 Å². The average molecular weight is 545 g/mol. The second kappa shape index (κ2) is 12.2. The number of aryl methyl sites for hydroxylation is 2. The van der Waals surface area contributed by atoms with Gasteiger partial charge in [-0.1, -0.05) is 62.4 Å². The number of hydrogen-bond donors (Lipinski definition) is 1. The Morgan fingerprint density at radius 2 is 1.73 bits per heavy atom. The van der Waals surface area contributed by atoms with Crippen molar-refractivity contribution in [3.63, 3.8) is 0 Å². The molecule has 1 N–H and O–H groups in total. The van der Waals surface area contributed by atoms with Crippen LogP contribution in [-0.2, 0) is 33.7 Å².